The second-order valence-corrected chi connectivity index (χ2v) is 4.09. The van der Waals surface area contributed by atoms with Crippen molar-refractivity contribution in [3.05, 3.63) is 29.8 Å². The lowest BCUT2D eigenvalue weighted by Gasteiger charge is -2.18. The van der Waals surface area contributed by atoms with Crippen LogP contribution in [0.3, 0.4) is 0 Å². The van der Waals surface area contributed by atoms with Crippen molar-refractivity contribution in [3.63, 3.8) is 0 Å². The van der Waals surface area contributed by atoms with Crippen LogP contribution >= 0.6 is 0 Å². The lowest BCUT2D eigenvalue weighted by Crippen LogP contribution is -2.34. The molecule has 0 atom stereocenters. The number of nitrogens with zero attached hydrogens (tertiary/aromatic N) is 1. The van der Waals surface area contributed by atoms with E-state index in [-0.39, 0.29) is 11.7 Å². The summed E-state index contributed by atoms with van der Waals surface area (Å²) in [6.07, 6.45) is 0.397. The summed E-state index contributed by atoms with van der Waals surface area (Å²) in [5.41, 5.74) is 0.577. The van der Waals surface area contributed by atoms with E-state index in [4.69, 9.17) is 4.74 Å². The van der Waals surface area contributed by atoms with Crippen molar-refractivity contribution >= 4 is 11.7 Å². The fourth-order valence-corrected chi connectivity index (χ4v) is 1.81. The minimum atomic E-state index is -0.0562. The molecule has 1 heterocycles. The average molecular weight is 233 g/mol. The highest BCUT2D eigenvalue weighted by atomic mass is 16.5. The van der Waals surface area contributed by atoms with Gasteiger partial charge in [-0.05, 0) is 19.1 Å². The number of benzene rings is 1. The number of carbonyl (C=O) groups is 2. The fraction of sp³-hybridized carbons (Fsp3) is 0.385. The second-order valence-electron chi connectivity index (χ2n) is 4.09. The van der Waals surface area contributed by atoms with Crippen LogP contribution in [0.2, 0.25) is 0 Å². The molecule has 4 nitrogen and oxygen atoms in total. The topological polar surface area (TPSA) is 46.6 Å². The summed E-state index contributed by atoms with van der Waals surface area (Å²) < 4.78 is 5.51. The first-order valence-electron chi connectivity index (χ1n) is 5.69. The summed E-state index contributed by atoms with van der Waals surface area (Å²) in [4.78, 5) is 24.8. The number of amides is 1. The monoisotopic (exact) mass is 233 g/mol. The van der Waals surface area contributed by atoms with Gasteiger partial charge >= 0.3 is 0 Å². The number of para-hydroxylation sites is 1. The Balaban J connectivity index is 2.17. The number of Topliss-reactive ketones (excluding diaryl/α,β-unsaturated/α-hetero) is 1. The first-order valence-corrected chi connectivity index (χ1v) is 5.69. The summed E-state index contributed by atoms with van der Waals surface area (Å²) in [6, 6.07) is 7.21. The Morgan fingerprint density at radius 2 is 2.18 bits per heavy atom. The molecule has 0 N–H and O–H groups in total. The van der Waals surface area contributed by atoms with Crippen LogP contribution in [0.4, 0.5) is 0 Å². The van der Waals surface area contributed by atoms with Crippen LogP contribution in [0.25, 0.3) is 0 Å². The summed E-state index contributed by atoms with van der Waals surface area (Å²) in [6.45, 7) is 3.00. The molecular formula is C13H15NO3. The van der Waals surface area contributed by atoms with Crippen molar-refractivity contribution < 1.29 is 14.3 Å². The average Bonchev–Trinajstić information content (AvgIpc) is 2.47. The van der Waals surface area contributed by atoms with Gasteiger partial charge in [0.05, 0.1) is 12.1 Å². The molecule has 0 unspecified atom stereocenters. The van der Waals surface area contributed by atoms with Crippen molar-refractivity contribution in [3.8, 4) is 5.75 Å². The summed E-state index contributed by atoms with van der Waals surface area (Å²) in [7, 11) is 0. The molecule has 0 saturated heterocycles. The molecule has 1 aromatic carbocycles. The summed E-state index contributed by atoms with van der Waals surface area (Å²) in [5, 5.41) is 0. The van der Waals surface area contributed by atoms with Gasteiger partial charge in [0, 0.05) is 13.0 Å². The van der Waals surface area contributed by atoms with Gasteiger partial charge in [0.25, 0.3) is 5.91 Å². The maximum Gasteiger partial charge on any atom is 0.257 e. The van der Waals surface area contributed by atoms with Crippen LogP contribution in [0, 0.1) is 0 Å². The van der Waals surface area contributed by atoms with E-state index in [2.05, 4.69) is 0 Å². The zero-order valence-corrected chi connectivity index (χ0v) is 9.81. The molecule has 4 heteroatoms. The molecule has 1 aliphatic rings. The van der Waals surface area contributed by atoms with Gasteiger partial charge in [0.1, 0.15) is 18.1 Å². The zero-order valence-electron chi connectivity index (χ0n) is 9.81. The molecule has 90 valence electrons. The molecular weight excluding hydrogens is 218 g/mol. The van der Waals surface area contributed by atoms with Crippen molar-refractivity contribution in [2.75, 3.05) is 19.7 Å². The molecule has 0 bridgehead atoms. The Morgan fingerprint density at radius 1 is 1.41 bits per heavy atom. The minimum Gasteiger partial charge on any atom is -0.491 e. The molecule has 1 amide bonds. The maximum atomic E-state index is 12.2. The maximum absolute atomic E-state index is 12.2. The second kappa shape index (κ2) is 4.99. The van der Waals surface area contributed by atoms with Gasteiger partial charge in [-0.15, -0.1) is 0 Å². The van der Waals surface area contributed by atoms with Crippen molar-refractivity contribution in [2.45, 2.75) is 13.3 Å². The molecule has 2 rings (SSSR count). The van der Waals surface area contributed by atoms with Crippen LogP contribution in [0.5, 0.6) is 5.75 Å². The van der Waals surface area contributed by atoms with E-state index in [9.17, 15) is 9.59 Å². The molecule has 0 saturated carbocycles. The third kappa shape index (κ3) is 2.64. The number of hydrogen-bond donors (Lipinski definition) is 0. The van der Waals surface area contributed by atoms with Crippen LogP contribution in [-0.2, 0) is 4.79 Å². The minimum absolute atomic E-state index is 0.0562. The molecule has 0 spiro atoms. The number of ether oxygens (including phenoxy) is 1. The molecule has 0 radical (unpaired) electrons. The summed E-state index contributed by atoms with van der Waals surface area (Å²) >= 11 is 0. The fourth-order valence-electron chi connectivity index (χ4n) is 1.81. The number of ketones is 1. The molecule has 0 fully saturated rings. The predicted octanol–water partition coefficient (Wildman–Crippen LogP) is 1.50. The van der Waals surface area contributed by atoms with Crippen molar-refractivity contribution in [1.82, 2.24) is 4.90 Å². The van der Waals surface area contributed by atoms with Crippen LogP contribution in [0.15, 0.2) is 24.3 Å². The Labute approximate surface area is 100 Å². The molecule has 0 aliphatic carbocycles. The van der Waals surface area contributed by atoms with E-state index in [1.807, 2.05) is 12.1 Å². The Bertz CT molecular complexity index is 442. The largest absolute Gasteiger partial charge is 0.491 e. The number of carbonyl (C=O) groups excluding carboxylic acids is 2. The van der Waals surface area contributed by atoms with Crippen LogP contribution < -0.4 is 4.74 Å². The van der Waals surface area contributed by atoms with E-state index in [0.29, 0.717) is 37.4 Å². The Hall–Kier alpha value is -1.84. The van der Waals surface area contributed by atoms with E-state index >= 15 is 0 Å². The van der Waals surface area contributed by atoms with E-state index in [0.717, 1.165) is 0 Å². The first kappa shape index (κ1) is 11.6. The SMILES string of the molecule is CC(=O)CCN1CCOc2ccccc2C1=O. The van der Waals surface area contributed by atoms with Gasteiger partial charge in [-0.2, -0.15) is 0 Å². The van der Waals surface area contributed by atoms with Gasteiger partial charge in [0.15, 0.2) is 0 Å². The number of fused-ring (bicyclic) bond motifs is 1. The van der Waals surface area contributed by atoms with Crippen LogP contribution in [-0.4, -0.2) is 36.3 Å². The first-order chi connectivity index (χ1) is 8.18. The van der Waals surface area contributed by atoms with Gasteiger partial charge in [-0.3, -0.25) is 9.59 Å². The third-order valence-electron chi connectivity index (χ3n) is 2.76. The van der Waals surface area contributed by atoms with Gasteiger partial charge in [-0.25, -0.2) is 0 Å². The highest BCUT2D eigenvalue weighted by Crippen LogP contribution is 2.22. The molecule has 0 aromatic heterocycles. The van der Waals surface area contributed by atoms with Crippen molar-refractivity contribution in [1.29, 1.82) is 0 Å². The lowest BCUT2D eigenvalue weighted by molar-refractivity contribution is -0.117. The summed E-state index contributed by atoms with van der Waals surface area (Å²) in [5.74, 6) is 0.665. The Morgan fingerprint density at radius 3 is 2.94 bits per heavy atom. The molecule has 1 aromatic rings. The van der Waals surface area contributed by atoms with Gasteiger partial charge < -0.3 is 9.64 Å². The number of hydrogen-bond acceptors (Lipinski definition) is 3. The van der Waals surface area contributed by atoms with Crippen LogP contribution in [0.1, 0.15) is 23.7 Å². The standard InChI is InChI=1S/C13H15NO3/c1-10(15)6-7-14-8-9-17-12-5-3-2-4-11(12)13(14)16/h2-5H,6-9H2,1H3. The third-order valence-corrected chi connectivity index (χ3v) is 2.76. The molecule has 1 aliphatic heterocycles. The highest BCUT2D eigenvalue weighted by Gasteiger charge is 2.22. The predicted molar refractivity (Wildman–Crippen MR) is 63.1 cm³/mol. The zero-order chi connectivity index (χ0) is 12.3. The molecule has 17 heavy (non-hydrogen) atoms. The number of rotatable bonds is 3. The lowest BCUT2D eigenvalue weighted by atomic mass is 10.1. The van der Waals surface area contributed by atoms with Gasteiger partial charge in [-0.1, -0.05) is 12.1 Å². The van der Waals surface area contributed by atoms with Crippen molar-refractivity contribution in [2.24, 2.45) is 0 Å². The van der Waals surface area contributed by atoms with E-state index in [1.54, 1.807) is 17.0 Å². The Kier molecular flexibility index (Phi) is 3.42. The quantitative estimate of drug-likeness (QED) is 0.794. The normalized spacial score (nSPS) is 14.9. The van der Waals surface area contributed by atoms with E-state index in [1.165, 1.54) is 6.92 Å². The van der Waals surface area contributed by atoms with E-state index < -0.39 is 0 Å². The van der Waals surface area contributed by atoms with Gasteiger partial charge in [0.2, 0.25) is 0 Å². The highest BCUT2D eigenvalue weighted by molar-refractivity contribution is 5.97. The smallest absolute Gasteiger partial charge is 0.257 e.